The molecule has 1 saturated heterocycles. The van der Waals surface area contributed by atoms with Crippen molar-refractivity contribution in [1.82, 2.24) is 0 Å². The quantitative estimate of drug-likeness (QED) is 0.849. The Balaban J connectivity index is 2.36. The van der Waals surface area contributed by atoms with Crippen LogP contribution in [-0.2, 0) is 0 Å². The number of piperidine rings is 1. The largest absolute Gasteiger partial charge is 0.495 e. The second-order valence-corrected chi connectivity index (χ2v) is 4.68. The molecule has 4 heteroatoms. The first kappa shape index (κ1) is 13.2. The van der Waals surface area contributed by atoms with Crippen LogP contribution in [0.3, 0.4) is 0 Å². The highest BCUT2D eigenvalue weighted by molar-refractivity contribution is 5.60. The van der Waals surface area contributed by atoms with Crippen molar-refractivity contribution in [2.75, 3.05) is 25.2 Å². The van der Waals surface area contributed by atoms with Gasteiger partial charge in [0.15, 0.2) is 0 Å². The minimum absolute atomic E-state index is 0.0622. The van der Waals surface area contributed by atoms with Gasteiger partial charge in [-0.3, -0.25) is 0 Å². The average molecular weight is 251 g/mol. The molecule has 2 N–H and O–H groups in total. The first-order valence-electron chi connectivity index (χ1n) is 6.45. The average Bonchev–Trinajstić information content (AvgIpc) is 2.46. The van der Waals surface area contributed by atoms with Crippen LogP contribution in [0.4, 0.5) is 5.69 Å². The Morgan fingerprint density at radius 3 is 2.33 bits per heavy atom. The number of benzene rings is 1. The van der Waals surface area contributed by atoms with Crippen molar-refractivity contribution in [2.24, 2.45) is 0 Å². The number of ether oxygens (including phenoxy) is 1. The lowest BCUT2D eigenvalue weighted by Gasteiger charge is -2.43. The summed E-state index contributed by atoms with van der Waals surface area (Å²) < 4.78 is 5.38. The maximum absolute atomic E-state index is 9.54. The van der Waals surface area contributed by atoms with E-state index in [1.807, 2.05) is 24.3 Å². The van der Waals surface area contributed by atoms with Crippen molar-refractivity contribution < 1.29 is 14.9 Å². The van der Waals surface area contributed by atoms with Gasteiger partial charge in [0.2, 0.25) is 0 Å². The SMILES string of the molecule is COc1ccccc1N1C(CO)CCCC1CO. The summed E-state index contributed by atoms with van der Waals surface area (Å²) in [7, 11) is 1.64. The maximum atomic E-state index is 9.54. The van der Waals surface area contributed by atoms with Crippen LogP contribution < -0.4 is 9.64 Å². The molecular formula is C14H21NO3. The Labute approximate surface area is 108 Å². The van der Waals surface area contributed by atoms with Crippen LogP contribution in [0.25, 0.3) is 0 Å². The first-order valence-corrected chi connectivity index (χ1v) is 6.45. The molecule has 1 aromatic rings. The molecule has 0 amide bonds. The Bertz CT molecular complexity index is 371. The second-order valence-electron chi connectivity index (χ2n) is 4.68. The highest BCUT2D eigenvalue weighted by atomic mass is 16.5. The van der Waals surface area contributed by atoms with E-state index in [1.54, 1.807) is 7.11 Å². The fourth-order valence-corrected chi connectivity index (χ4v) is 2.76. The molecule has 1 aliphatic heterocycles. The zero-order valence-electron chi connectivity index (χ0n) is 10.7. The molecule has 2 atom stereocenters. The maximum Gasteiger partial charge on any atom is 0.142 e. The summed E-state index contributed by atoms with van der Waals surface area (Å²) in [5.74, 6) is 0.788. The van der Waals surface area contributed by atoms with Gasteiger partial charge in [-0.05, 0) is 31.4 Å². The van der Waals surface area contributed by atoms with Crippen molar-refractivity contribution in [3.63, 3.8) is 0 Å². The normalized spacial score (nSPS) is 24.1. The molecule has 0 bridgehead atoms. The van der Waals surface area contributed by atoms with Crippen LogP contribution in [0.1, 0.15) is 19.3 Å². The molecule has 0 aromatic heterocycles. The molecule has 1 heterocycles. The summed E-state index contributed by atoms with van der Waals surface area (Å²) in [6, 6.07) is 7.89. The molecule has 2 rings (SSSR count). The van der Waals surface area contributed by atoms with Crippen LogP contribution >= 0.6 is 0 Å². The molecule has 0 spiro atoms. The lowest BCUT2D eigenvalue weighted by molar-refractivity contribution is 0.186. The Morgan fingerprint density at radius 2 is 1.78 bits per heavy atom. The van der Waals surface area contributed by atoms with Crippen molar-refractivity contribution in [2.45, 2.75) is 31.3 Å². The predicted molar refractivity (Wildman–Crippen MR) is 71.1 cm³/mol. The summed E-state index contributed by atoms with van der Waals surface area (Å²) in [6.45, 7) is 0.211. The Hall–Kier alpha value is -1.26. The number of aliphatic hydroxyl groups is 2. The molecule has 1 aromatic carbocycles. The molecule has 0 radical (unpaired) electrons. The van der Waals surface area contributed by atoms with Gasteiger partial charge < -0.3 is 19.8 Å². The van der Waals surface area contributed by atoms with E-state index in [0.29, 0.717) is 0 Å². The third kappa shape index (κ3) is 2.44. The first-order chi connectivity index (χ1) is 8.81. The third-order valence-electron chi connectivity index (χ3n) is 3.65. The van der Waals surface area contributed by atoms with Gasteiger partial charge >= 0.3 is 0 Å². The molecule has 18 heavy (non-hydrogen) atoms. The Morgan fingerprint density at radius 1 is 1.17 bits per heavy atom. The number of methoxy groups -OCH3 is 1. The molecular weight excluding hydrogens is 230 g/mol. The summed E-state index contributed by atoms with van der Waals surface area (Å²) in [5, 5.41) is 19.1. The van der Waals surface area contributed by atoms with Gasteiger partial charge in [0.05, 0.1) is 38.1 Å². The lowest BCUT2D eigenvalue weighted by atomic mass is 9.95. The van der Waals surface area contributed by atoms with Crippen molar-refractivity contribution in [1.29, 1.82) is 0 Å². The van der Waals surface area contributed by atoms with Gasteiger partial charge in [-0.1, -0.05) is 12.1 Å². The fourth-order valence-electron chi connectivity index (χ4n) is 2.76. The minimum Gasteiger partial charge on any atom is -0.495 e. The van der Waals surface area contributed by atoms with Gasteiger partial charge in [0.25, 0.3) is 0 Å². The minimum atomic E-state index is 0.0622. The van der Waals surface area contributed by atoms with Crippen LogP contribution in [0.5, 0.6) is 5.75 Å². The van der Waals surface area contributed by atoms with Crippen LogP contribution in [0.2, 0.25) is 0 Å². The summed E-state index contributed by atoms with van der Waals surface area (Å²) in [6.07, 6.45) is 2.94. The van der Waals surface area contributed by atoms with Crippen molar-refractivity contribution in [3.8, 4) is 5.75 Å². The van der Waals surface area contributed by atoms with Gasteiger partial charge in [-0.15, -0.1) is 0 Å². The van der Waals surface area contributed by atoms with Gasteiger partial charge in [0.1, 0.15) is 5.75 Å². The number of aliphatic hydroxyl groups excluding tert-OH is 2. The van der Waals surface area contributed by atoms with E-state index >= 15 is 0 Å². The summed E-state index contributed by atoms with van der Waals surface area (Å²) in [4.78, 5) is 2.11. The van der Waals surface area contributed by atoms with E-state index in [1.165, 1.54) is 0 Å². The third-order valence-corrected chi connectivity index (χ3v) is 3.65. The van der Waals surface area contributed by atoms with Crippen molar-refractivity contribution in [3.05, 3.63) is 24.3 Å². The highest BCUT2D eigenvalue weighted by Gasteiger charge is 2.31. The second kappa shape index (κ2) is 6.07. The van der Waals surface area contributed by atoms with E-state index in [2.05, 4.69) is 4.90 Å². The number of nitrogens with zero attached hydrogens (tertiary/aromatic N) is 1. The molecule has 100 valence electrons. The number of hydrogen-bond acceptors (Lipinski definition) is 4. The zero-order valence-corrected chi connectivity index (χ0v) is 10.7. The smallest absolute Gasteiger partial charge is 0.142 e. The van der Waals surface area contributed by atoms with E-state index < -0.39 is 0 Å². The lowest BCUT2D eigenvalue weighted by Crippen LogP contribution is -2.50. The van der Waals surface area contributed by atoms with Crippen molar-refractivity contribution >= 4 is 5.69 Å². The summed E-state index contributed by atoms with van der Waals surface area (Å²) >= 11 is 0. The Kier molecular flexibility index (Phi) is 4.44. The number of anilines is 1. The monoisotopic (exact) mass is 251 g/mol. The molecule has 0 saturated carbocycles. The van der Waals surface area contributed by atoms with Gasteiger partial charge in [0, 0.05) is 0 Å². The van der Waals surface area contributed by atoms with E-state index in [-0.39, 0.29) is 25.3 Å². The van der Waals surface area contributed by atoms with Crippen LogP contribution in [0, 0.1) is 0 Å². The number of rotatable bonds is 4. The standard InChI is InChI=1S/C14H21NO3/c1-18-14-8-3-2-7-13(14)15-11(9-16)5-4-6-12(15)10-17/h2-3,7-8,11-12,16-17H,4-6,9-10H2,1H3. The van der Waals surface area contributed by atoms with Gasteiger partial charge in [-0.2, -0.15) is 0 Å². The zero-order chi connectivity index (χ0) is 13.0. The molecule has 1 aliphatic rings. The molecule has 0 aliphatic carbocycles. The fraction of sp³-hybridized carbons (Fsp3) is 0.571. The van der Waals surface area contributed by atoms with Crippen LogP contribution in [0.15, 0.2) is 24.3 Å². The van der Waals surface area contributed by atoms with Gasteiger partial charge in [-0.25, -0.2) is 0 Å². The molecule has 1 fully saturated rings. The summed E-state index contributed by atoms with van der Waals surface area (Å²) in [5.41, 5.74) is 0.956. The topological polar surface area (TPSA) is 52.9 Å². The van der Waals surface area contributed by atoms with Crippen LogP contribution in [-0.4, -0.2) is 42.6 Å². The predicted octanol–water partition coefficient (Wildman–Crippen LogP) is 1.41. The van der Waals surface area contributed by atoms with E-state index in [4.69, 9.17) is 4.74 Å². The number of para-hydroxylation sites is 2. The highest BCUT2D eigenvalue weighted by Crippen LogP contribution is 2.35. The van der Waals surface area contributed by atoms with E-state index in [9.17, 15) is 10.2 Å². The molecule has 2 unspecified atom stereocenters. The number of hydrogen-bond donors (Lipinski definition) is 2. The van der Waals surface area contributed by atoms with E-state index in [0.717, 1.165) is 30.7 Å². The molecule has 4 nitrogen and oxygen atoms in total.